The zero-order valence-corrected chi connectivity index (χ0v) is 6.90. The van der Waals surface area contributed by atoms with Crippen LogP contribution in [0.3, 0.4) is 0 Å². The van der Waals surface area contributed by atoms with Gasteiger partial charge in [0.1, 0.15) is 6.10 Å². The molecule has 0 saturated carbocycles. The van der Waals surface area contributed by atoms with Crippen LogP contribution in [0.2, 0.25) is 0 Å². The number of rotatable bonds is 3. The van der Waals surface area contributed by atoms with Crippen molar-refractivity contribution in [3.8, 4) is 0 Å². The number of cyclic esters (lactones) is 2. The Morgan fingerprint density at radius 2 is 2.42 bits per heavy atom. The molecule has 1 aliphatic heterocycles. The van der Waals surface area contributed by atoms with Gasteiger partial charge in [0.2, 0.25) is 0 Å². The van der Waals surface area contributed by atoms with Gasteiger partial charge in [-0.05, 0) is 13.3 Å². The van der Waals surface area contributed by atoms with Gasteiger partial charge in [-0.15, -0.1) is 6.58 Å². The first-order valence-corrected chi connectivity index (χ1v) is 3.81. The summed E-state index contributed by atoms with van der Waals surface area (Å²) in [5.41, 5.74) is 0. The molecule has 0 aliphatic carbocycles. The first-order valence-electron chi connectivity index (χ1n) is 3.81. The summed E-state index contributed by atoms with van der Waals surface area (Å²) in [5, 5.41) is 9.41. The maximum absolute atomic E-state index is 10.6. The number of carbonyl (C=O) groups excluding carboxylic acids is 1. The van der Waals surface area contributed by atoms with Gasteiger partial charge in [0, 0.05) is 0 Å². The minimum Gasteiger partial charge on any atom is -0.427 e. The Labute approximate surface area is 70.8 Å². The molecule has 0 aromatic carbocycles. The van der Waals surface area contributed by atoms with Gasteiger partial charge in [-0.2, -0.15) is 0 Å². The third-order valence-electron chi connectivity index (χ3n) is 1.76. The van der Waals surface area contributed by atoms with Crippen LogP contribution < -0.4 is 0 Å². The molecule has 0 amide bonds. The standard InChI is InChI=1S/C8H12O4/c1-3-4-6(9)7-5(2)11-8(10)12-7/h3,5-7,9H,1,4H2,2H3/t5-,6-,7-/m1/s1. The molecule has 0 radical (unpaired) electrons. The van der Waals surface area contributed by atoms with Crippen molar-refractivity contribution >= 4 is 6.16 Å². The van der Waals surface area contributed by atoms with E-state index in [9.17, 15) is 9.90 Å². The SMILES string of the molecule is C=CC[C@@H](O)[C@@H]1OC(=O)O[C@@H]1C. The van der Waals surface area contributed by atoms with Crippen molar-refractivity contribution in [2.75, 3.05) is 0 Å². The Balaban J connectivity index is 2.51. The van der Waals surface area contributed by atoms with Crippen LogP contribution in [0, 0.1) is 0 Å². The first-order chi connectivity index (χ1) is 5.65. The van der Waals surface area contributed by atoms with E-state index in [1.807, 2.05) is 0 Å². The molecule has 1 rings (SSSR count). The predicted molar refractivity (Wildman–Crippen MR) is 41.6 cm³/mol. The summed E-state index contributed by atoms with van der Waals surface area (Å²) in [6.07, 6.45) is -0.405. The highest BCUT2D eigenvalue weighted by molar-refractivity contribution is 5.62. The van der Waals surface area contributed by atoms with Crippen molar-refractivity contribution in [2.45, 2.75) is 31.7 Å². The number of hydrogen-bond donors (Lipinski definition) is 1. The second-order valence-electron chi connectivity index (χ2n) is 2.75. The summed E-state index contributed by atoms with van der Waals surface area (Å²) >= 11 is 0. The van der Waals surface area contributed by atoms with E-state index in [2.05, 4.69) is 11.3 Å². The Hall–Kier alpha value is -1.03. The van der Waals surface area contributed by atoms with Gasteiger partial charge in [-0.25, -0.2) is 4.79 Å². The van der Waals surface area contributed by atoms with E-state index in [0.717, 1.165) is 0 Å². The maximum Gasteiger partial charge on any atom is 0.509 e. The molecule has 3 atom stereocenters. The largest absolute Gasteiger partial charge is 0.509 e. The van der Waals surface area contributed by atoms with Gasteiger partial charge in [-0.3, -0.25) is 0 Å². The number of ether oxygens (including phenoxy) is 2. The summed E-state index contributed by atoms with van der Waals surface area (Å²) in [7, 11) is 0. The lowest BCUT2D eigenvalue weighted by molar-refractivity contribution is 0.0195. The van der Waals surface area contributed by atoms with Gasteiger partial charge in [0.15, 0.2) is 6.10 Å². The molecule has 0 aromatic rings. The maximum atomic E-state index is 10.6. The van der Waals surface area contributed by atoms with E-state index in [0.29, 0.717) is 6.42 Å². The summed E-state index contributed by atoms with van der Waals surface area (Å²) in [6, 6.07) is 0. The minimum atomic E-state index is -0.719. The van der Waals surface area contributed by atoms with E-state index in [1.165, 1.54) is 0 Å². The lowest BCUT2D eigenvalue weighted by Gasteiger charge is -2.16. The Kier molecular flexibility index (Phi) is 2.70. The molecule has 0 unspecified atom stereocenters. The second kappa shape index (κ2) is 3.58. The average molecular weight is 172 g/mol. The fraction of sp³-hybridized carbons (Fsp3) is 0.625. The molecule has 1 heterocycles. The van der Waals surface area contributed by atoms with Gasteiger partial charge >= 0.3 is 6.16 Å². The summed E-state index contributed by atoms with van der Waals surface area (Å²) in [6.45, 7) is 5.16. The highest BCUT2D eigenvalue weighted by Crippen LogP contribution is 2.19. The molecule has 0 spiro atoms. The van der Waals surface area contributed by atoms with Gasteiger partial charge < -0.3 is 14.6 Å². The zero-order valence-electron chi connectivity index (χ0n) is 6.90. The number of carbonyl (C=O) groups is 1. The van der Waals surface area contributed by atoms with Crippen LogP contribution in [0.4, 0.5) is 4.79 Å². The fourth-order valence-electron chi connectivity index (χ4n) is 1.15. The zero-order chi connectivity index (χ0) is 9.14. The van der Waals surface area contributed by atoms with Crippen molar-refractivity contribution in [1.82, 2.24) is 0 Å². The molecule has 1 fully saturated rings. The summed E-state index contributed by atoms with van der Waals surface area (Å²) in [5.74, 6) is 0. The van der Waals surface area contributed by atoms with Gasteiger partial charge in [0.25, 0.3) is 0 Å². The molecule has 68 valence electrons. The van der Waals surface area contributed by atoms with E-state index in [1.54, 1.807) is 13.0 Å². The Bertz CT molecular complexity index is 189. The summed E-state index contributed by atoms with van der Waals surface area (Å²) in [4.78, 5) is 10.6. The van der Waals surface area contributed by atoms with Gasteiger partial charge in [-0.1, -0.05) is 6.08 Å². The Morgan fingerprint density at radius 1 is 1.75 bits per heavy atom. The molecule has 1 aliphatic rings. The Morgan fingerprint density at radius 3 is 2.83 bits per heavy atom. The van der Waals surface area contributed by atoms with Crippen LogP contribution in [0.25, 0.3) is 0 Å². The van der Waals surface area contributed by atoms with E-state index in [-0.39, 0.29) is 6.10 Å². The average Bonchev–Trinajstić information content (AvgIpc) is 2.30. The highest BCUT2D eigenvalue weighted by atomic mass is 16.8. The number of hydrogen-bond acceptors (Lipinski definition) is 4. The molecule has 4 nitrogen and oxygen atoms in total. The molecular weight excluding hydrogens is 160 g/mol. The van der Waals surface area contributed by atoms with Crippen LogP contribution in [-0.4, -0.2) is 29.6 Å². The highest BCUT2D eigenvalue weighted by Gasteiger charge is 2.37. The fourth-order valence-corrected chi connectivity index (χ4v) is 1.15. The van der Waals surface area contributed by atoms with Crippen LogP contribution in [-0.2, 0) is 9.47 Å². The van der Waals surface area contributed by atoms with E-state index in [4.69, 9.17) is 4.74 Å². The minimum absolute atomic E-state index is 0.382. The topological polar surface area (TPSA) is 55.8 Å². The third kappa shape index (κ3) is 1.76. The third-order valence-corrected chi connectivity index (χ3v) is 1.76. The van der Waals surface area contributed by atoms with Crippen molar-refractivity contribution in [1.29, 1.82) is 0 Å². The van der Waals surface area contributed by atoms with Crippen molar-refractivity contribution in [3.05, 3.63) is 12.7 Å². The molecule has 1 saturated heterocycles. The lowest BCUT2D eigenvalue weighted by Crippen LogP contribution is -2.32. The van der Waals surface area contributed by atoms with Crippen LogP contribution in [0.15, 0.2) is 12.7 Å². The van der Waals surface area contributed by atoms with Crippen molar-refractivity contribution in [2.24, 2.45) is 0 Å². The van der Waals surface area contributed by atoms with Crippen molar-refractivity contribution < 1.29 is 19.4 Å². The number of aliphatic hydroxyl groups excluding tert-OH is 1. The molecule has 4 heteroatoms. The molecular formula is C8H12O4. The molecule has 0 bridgehead atoms. The molecule has 0 aromatic heterocycles. The molecule has 1 N–H and O–H groups in total. The van der Waals surface area contributed by atoms with Crippen LogP contribution in [0.5, 0.6) is 0 Å². The predicted octanol–water partition coefficient (Wildman–Crippen LogP) is 0.847. The van der Waals surface area contributed by atoms with Crippen LogP contribution >= 0.6 is 0 Å². The smallest absolute Gasteiger partial charge is 0.427 e. The second-order valence-corrected chi connectivity index (χ2v) is 2.75. The molecule has 12 heavy (non-hydrogen) atoms. The lowest BCUT2D eigenvalue weighted by atomic mass is 10.1. The monoisotopic (exact) mass is 172 g/mol. The number of aliphatic hydroxyl groups is 1. The van der Waals surface area contributed by atoms with E-state index >= 15 is 0 Å². The summed E-state index contributed by atoms with van der Waals surface area (Å²) < 4.78 is 9.41. The van der Waals surface area contributed by atoms with Crippen LogP contribution in [0.1, 0.15) is 13.3 Å². The first kappa shape index (κ1) is 9.06. The van der Waals surface area contributed by atoms with Gasteiger partial charge in [0.05, 0.1) is 6.10 Å². The van der Waals surface area contributed by atoms with E-state index < -0.39 is 18.4 Å². The normalized spacial score (nSPS) is 30.7. The van der Waals surface area contributed by atoms with Crippen molar-refractivity contribution in [3.63, 3.8) is 0 Å². The quantitative estimate of drug-likeness (QED) is 0.506.